The van der Waals surface area contributed by atoms with E-state index in [1.165, 1.54) is 35.9 Å². The Labute approximate surface area is 246 Å². The Bertz CT molecular complexity index is 1580. The average Bonchev–Trinajstić information content (AvgIpc) is 3.65. The van der Waals surface area contributed by atoms with Crippen molar-refractivity contribution in [3.8, 4) is 0 Å². The Hall–Kier alpha value is -3.13. The van der Waals surface area contributed by atoms with Crippen LogP contribution in [0.15, 0.2) is 40.4 Å². The largest absolute Gasteiger partial charge is 0.340 e. The molecule has 13 heteroatoms. The topological polar surface area (TPSA) is 112 Å². The van der Waals surface area contributed by atoms with E-state index in [0.717, 1.165) is 83.7 Å². The van der Waals surface area contributed by atoms with Gasteiger partial charge in [-0.15, -0.1) is 10.2 Å². The Morgan fingerprint density at radius 2 is 1.80 bits per heavy atom. The Balaban J connectivity index is 0.937. The highest BCUT2D eigenvalue weighted by molar-refractivity contribution is 7.99. The summed E-state index contributed by atoms with van der Waals surface area (Å²) in [6, 6.07) is 10.1. The molecule has 2 amide bonds. The van der Waals surface area contributed by atoms with E-state index in [1.54, 1.807) is 0 Å². The number of thiazole rings is 1. The molecule has 0 atom stereocenters. The molecule has 0 spiro atoms. The molecule has 7 rings (SSSR count). The van der Waals surface area contributed by atoms with Gasteiger partial charge in [0.25, 0.3) is 0 Å². The van der Waals surface area contributed by atoms with Crippen LogP contribution in [0.1, 0.15) is 37.3 Å². The first-order valence-electron chi connectivity index (χ1n) is 14.3. The fraction of sp³-hybridized carbons (Fsp3) is 0.500. The maximum Gasteiger partial charge on any atom is 0.240 e. The summed E-state index contributed by atoms with van der Waals surface area (Å²) >= 11 is 2.99. The average molecular weight is 592 g/mol. The van der Waals surface area contributed by atoms with E-state index < -0.39 is 0 Å². The number of aromatic nitrogens is 5. The second kappa shape index (κ2) is 11.3. The van der Waals surface area contributed by atoms with Crippen molar-refractivity contribution in [2.75, 3.05) is 58.2 Å². The van der Waals surface area contributed by atoms with Crippen LogP contribution < -0.4 is 5.32 Å². The maximum absolute atomic E-state index is 12.9. The molecule has 1 saturated carbocycles. The summed E-state index contributed by atoms with van der Waals surface area (Å²) in [5, 5.41) is 17.7. The van der Waals surface area contributed by atoms with E-state index in [9.17, 15) is 9.59 Å². The molecule has 1 aliphatic carbocycles. The molecule has 0 unspecified atom stereocenters. The minimum absolute atomic E-state index is 0.0702. The highest BCUT2D eigenvalue weighted by Gasteiger charge is 2.30. The van der Waals surface area contributed by atoms with Gasteiger partial charge in [0, 0.05) is 42.9 Å². The van der Waals surface area contributed by atoms with Crippen LogP contribution in [0, 0.1) is 5.92 Å². The van der Waals surface area contributed by atoms with Crippen molar-refractivity contribution in [2.24, 2.45) is 5.92 Å². The summed E-state index contributed by atoms with van der Waals surface area (Å²) in [6.07, 6.45) is 4.00. The lowest BCUT2D eigenvalue weighted by Crippen LogP contribution is -2.50. The standard InChI is InChI=1S/C28H33N9O2S2/c1-34-12-14-36(15-13-34)26(39)19-8-10-35(11-9-19)17-25(38)30-27-29-22-5-4-20(16-23(22)41-27)40-28-32-31-24-7-6-21(18-2-3-18)33-37(24)28/h4-7,16,18-19H,2-3,8-15,17H2,1H3,(H,29,30,38). The van der Waals surface area contributed by atoms with Crippen molar-refractivity contribution in [3.05, 3.63) is 36.0 Å². The van der Waals surface area contributed by atoms with Crippen LogP contribution in [0.25, 0.3) is 15.9 Å². The first-order chi connectivity index (χ1) is 20.0. The predicted molar refractivity (Wildman–Crippen MR) is 158 cm³/mol. The van der Waals surface area contributed by atoms with Gasteiger partial charge in [0.1, 0.15) is 0 Å². The zero-order valence-electron chi connectivity index (χ0n) is 23.0. The molecule has 2 saturated heterocycles. The maximum atomic E-state index is 12.9. The number of piperazine rings is 1. The number of piperidine rings is 1. The molecule has 1 aromatic carbocycles. The molecule has 214 valence electrons. The number of carbonyl (C=O) groups excluding carboxylic acids is 2. The number of nitrogens with zero attached hydrogens (tertiary/aromatic N) is 8. The second-order valence-corrected chi connectivity index (χ2v) is 13.3. The normalized spacial score (nSPS) is 19.3. The third kappa shape index (κ3) is 5.94. The molecule has 11 nitrogen and oxygen atoms in total. The van der Waals surface area contributed by atoms with Crippen molar-refractivity contribution < 1.29 is 9.59 Å². The van der Waals surface area contributed by atoms with Gasteiger partial charge in [-0.05, 0) is 87.9 Å². The molecule has 0 radical (unpaired) electrons. The van der Waals surface area contributed by atoms with Crippen molar-refractivity contribution in [1.29, 1.82) is 0 Å². The third-order valence-electron chi connectivity index (χ3n) is 8.18. The number of hydrogen-bond acceptors (Lipinski definition) is 10. The van der Waals surface area contributed by atoms with Gasteiger partial charge in [-0.3, -0.25) is 14.5 Å². The van der Waals surface area contributed by atoms with E-state index >= 15 is 0 Å². The number of hydrogen-bond donors (Lipinski definition) is 1. The zero-order valence-corrected chi connectivity index (χ0v) is 24.7. The molecule has 5 heterocycles. The van der Waals surface area contributed by atoms with Gasteiger partial charge < -0.3 is 15.1 Å². The van der Waals surface area contributed by atoms with Gasteiger partial charge in [0.05, 0.1) is 22.5 Å². The minimum Gasteiger partial charge on any atom is -0.340 e. The molecule has 1 N–H and O–H groups in total. The van der Waals surface area contributed by atoms with E-state index in [4.69, 9.17) is 5.10 Å². The van der Waals surface area contributed by atoms with Crippen molar-refractivity contribution in [3.63, 3.8) is 0 Å². The molecule has 4 aromatic rings. The number of likely N-dealkylation sites (tertiary alicyclic amines) is 1. The molecular formula is C28H33N9O2S2. The number of nitrogens with one attached hydrogen (secondary N) is 1. The van der Waals surface area contributed by atoms with Crippen LogP contribution in [0.3, 0.4) is 0 Å². The number of benzene rings is 1. The van der Waals surface area contributed by atoms with Gasteiger partial charge in [-0.2, -0.15) is 9.61 Å². The van der Waals surface area contributed by atoms with E-state index in [1.807, 2.05) is 33.7 Å². The smallest absolute Gasteiger partial charge is 0.240 e. The summed E-state index contributed by atoms with van der Waals surface area (Å²) in [5.74, 6) is 0.839. The number of carbonyl (C=O) groups is 2. The van der Waals surface area contributed by atoms with Crippen LogP contribution in [0.5, 0.6) is 0 Å². The van der Waals surface area contributed by atoms with Crippen LogP contribution >= 0.6 is 23.1 Å². The van der Waals surface area contributed by atoms with Gasteiger partial charge in [-0.25, -0.2) is 4.98 Å². The summed E-state index contributed by atoms with van der Waals surface area (Å²) in [7, 11) is 2.10. The van der Waals surface area contributed by atoms with Crippen LogP contribution in [-0.4, -0.2) is 104 Å². The number of fused-ring (bicyclic) bond motifs is 2. The van der Waals surface area contributed by atoms with Gasteiger partial charge in [0.2, 0.25) is 17.0 Å². The van der Waals surface area contributed by atoms with Gasteiger partial charge in [-0.1, -0.05) is 11.3 Å². The summed E-state index contributed by atoms with van der Waals surface area (Å²) in [5.41, 5.74) is 2.69. The van der Waals surface area contributed by atoms with Crippen LogP contribution in [0.4, 0.5) is 5.13 Å². The molecule has 3 fully saturated rings. The summed E-state index contributed by atoms with van der Waals surface area (Å²) < 4.78 is 2.82. The Kier molecular flexibility index (Phi) is 7.35. The van der Waals surface area contributed by atoms with Crippen molar-refractivity contribution >= 4 is 55.9 Å². The first-order valence-corrected chi connectivity index (χ1v) is 15.9. The lowest BCUT2D eigenvalue weighted by molar-refractivity contribution is -0.138. The molecular weight excluding hydrogens is 559 g/mol. The predicted octanol–water partition coefficient (Wildman–Crippen LogP) is 3.19. The fourth-order valence-electron chi connectivity index (χ4n) is 5.56. The lowest BCUT2D eigenvalue weighted by atomic mass is 9.95. The van der Waals surface area contributed by atoms with Crippen molar-refractivity contribution in [1.82, 2.24) is 39.5 Å². The Morgan fingerprint density at radius 3 is 2.59 bits per heavy atom. The van der Waals surface area contributed by atoms with E-state index in [2.05, 4.69) is 43.4 Å². The highest BCUT2D eigenvalue weighted by atomic mass is 32.2. The fourth-order valence-corrected chi connectivity index (χ4v) is 7.38. The van der Waals surface area contributed by atoms with Crippen molar-refractivity contribution in [2.45, 2.75) is 41.7 Å². The minimum atomic E-state index is -0.0741. The molecule has 0 bridgehead atoms. The molecule has 3 aliphatic rings. The first kappa shape index (κ1) is 26.7. The number of amides is 2. The molecule has 3 aromatic heterocycles. The zero-order chi connectivity index (χ0) is 27.9. The van der Waals surface area contributed by atoms with Gasteiger partial charge >= 0.3 is 0 Å². The number of rotatable bonds is 7. The van der Waals surface area contributed by atoms with Crippen LogP contribution in [-0.2, 0) is 9.59 Å². The third-order valence-corrected chi connectivity index (χ3v) is 10.0. The lowest BCUT2D eigenvalue weighted by Gasteiger charge is -2.37. The Morgan fingerprint density at radius 1 is 1.00 bits per heavy atom. The summed E-state index contributed by atoms with van der Waals surface area (Å²) in [4.78, 5) is 37.8. The van der Waals surface area contributed by atoms with E-state index in [0.29, 0.717) is 17.6 Å². The van der Waals surface area contributed by atoms with E-state index in [-0.39, 0.29) is 17.7 Å². The monoisotopic (exact) mass is 591 g/mol. The molecule has 2 aliphatic heterocycles. The SMILES string of the molecule is CN1CCN(C(=O)C2CCN(CC(=O)Nc3nc4ccc(Sc5nnc6ccc(C7CC7)nn56)cc4s3)CC2)CC1. The number of anilines is 1. The summed E-state index contributed by atoms with van der Waals surface area (Å²) in [6.45, 7) is 5.33. The number of likely N-dealkylation sites (N-methyl/N-ethyl adjacent to an activating group) is 1. The van der Waals surface area contributed by atoms with Gasteiger partial charge in [0.15, 0.2) is 10.8 Å². The highest BCUT2D eigenvalue weighted by Crippen LogP contribution is 2.39. The quantitative estimate of drug-likeness (QED) is 0.346. The second-order valence-electron chi connectivity index (χ2n) is 11.3. The van der Waals surface area contributed by atoms with Crippen LogP contribution in [0.2, 0.25) is 0 Å². The molecule has 41 heavy (non-hydrogen) atoms.